The number of ketones is 1. The van der Waals surface area contributed by atoms with Crippen molar-refractivity contribution >= 4 is 24.1 Å². The van der Waals surface area contributed by atoms with Gasteiger partial charge in [0.05, 0.1) is 11.2 Å². The van der Waals surface area contributed by atoms with Gasteiger partial charge in [0.15, 0.2) is 5.78 Å². The lowest BCUT2D eigenvalue weighted by molar-refractivity contribution is 0.00578. The fourth-order valence-electron chi connectivity index (χ4n) is 2.83. The van der Waals surface area contributed by atoms with Gasteiger partial charge >= 0.3 is 7.12 Å². The fraction of sp³-hybridized carbons (Fsp3) is 0.350. The lowest BCUT2D eigenvalue weighted by Crippen LogP contribution is -2.41. The number of hydrogen-bond donors (Lipinski definition) is 1. The van der Waals surface area contributed by atoms with Crippen molar-refractivity contribution in [3.8, 4) is 0 Å². The highest BCUT2D eigenvalue weighted by Gasteiger charge is 2.51. The Bertz CT molecular complexity index is 768. The standard InChI is InChI=1S/C20H24BNO3/c1-19(2)20(3,4)25-21(24-19)15-12-10-14(11-13-15)18(23)16-8-6-7-9-17(16)22-5/h6-13,22H,1-5H3. The van der Waals surface area contributed by atoms with E-state index in [0.29, 0.717) is 11.1 Å². The van der Waals surface area contributed by atoms with Gasteiger partial charge in [0.25, 0.3) is 0 Å². The van der Waals surface area contributed by atoms with Gasteiger partial charge in [0.1, 0.15) is 0 Å². The molecule has 1 heterocycles. The monoisotopic (exact) mass is 337 g/mol. The van der Waals surface area contributed by atoms with E-state index >= 15 is 0 Å². The maximum Gasteiger partial charge on any atom is 0.494 e. The molecule has 1 aliphatic heterocycles. The number of hydrogen-bond acceptors (Lipinski definition) is 4. The second-order valence-electron chi connectivity index (χ2n) is 7.33. The zero-order valence-corrected chi connectivity index (χ0v) is 15.4. The van der Waals surface area contributed by atoms with Crippen molar-refractivity contribution in [2.75, 3.05) is 12.4 Å². The Morgan fingerprint density at radius 2 is 1.48 bits per heavy atom. The van der Waals surface area contributed by atoms with Crippen LogP contribution in [0.15, 0.2) is 48.5 Å². The van der Waals surface area contributed by atoms with Crippen LogP contribution in [0, 0.1) is 0 Å². The minimum atomic E-state index is -0.418. The van der Waals surface area contributed by atoms with Gasteiger partial charge in [-0.3, -0.25) is 4.79 Å². The molecule has 0 saturated carbocycles. The van der Waals surface area contributed by atoms with E-state index in [-0.39, 0.29) is 17.0 Å². The molecular weight excluding hydrogens is 313 g/mol. The zero-order chi connectivity index (χ0) is 18.2. The zero-order valence-electron chi connectivity index (χ0n) is 15.4. The molecular formula is C20H24BNO3. The van der Waals surface area contributed by atoms with Gasteiger partial charge in [-0.25, -0.2) is 0 Å². The van der Waals surface area contributed by atoms with E-state index in [1.54, 1.807) is 0 Å². The summed E-state index contributed by atoms with van der Waals surface area (Å²) in [5, 5.41) is 3.06. The molecule has 2 aromatic rings. The first-order valence-corrected chi connectivity index (χ1v) is 8.52. The van der Waals surface area contributed by atoms with Gasteiger partial charge in [0.2, 0.25) is 0 Å². The first-order valence-electron chi connectivity index (χ1n) is 8.52. The molecule has 1 saturated heterocycles. The fourth-order valence-corrected chi connectivity index (χ4v) is 2.83. The van der Waals surface area contributed by atoms with Gasteiger partial charge < -0.3 is 14.6 Å². The average Bonchev–Trinajstić information content (AvgIpc) is 2.82. The molecule has 0 atom stereocenters. The summed E-state index contributed by atoms with van der Waals surface area (Å²) in [6, 6.07) is 15.0. The Labute approximate surface area is 149 Å². The molecule has 2 aromatic carbocycles. The van der Waals surface area contributed by atoms with Crippen LogP contribution in [0.4, 0.5) is 5.69 Å². The molecule has 0 aliphatic carbocycles. The second kappa shape index (κ2) is 6.32. The summed E-state index contributed by atoms with van der Waals surface area (Å²) < 4.78 is 12.1. The summed E-state index contributed by atoms with van der Waals surface area (Å²) in [4.78, 5) is 12.8. The molecule has 4 nitrogen and oxygen atoms in total. The van der Waals surface area contributed by atoms with Crippen molar-refractivity contribution in [2.45, 2.75) is 38.9 Å². The second-order valence-corrected chi connectivity index (χ2v) is 7.33. The maximum atomic E-state index is 12.8. The van der Waals surface area contributed by atoms with Crippen molar-refractivity contribution in [3.05, 3.63) is 59.7 Å². The van der Waals surface area contributed by atoms with E-state index in [0.717, 1.165) is 11.2 Å². The lowest BCUT2D eigenvalue weighted by Gasteiger charge is -2.32. The number of anilines is 1. The highest BCUT2D eigenvalue weighted by atomic mass is 16.7. The number of para-hydroxylation sites is 1. The molecule has 0 amide bonds. The van der Waals surface area contributed by atoms with Crippen LogP contribution in [-0.2, 0) is 9.31 Å². The summed E-state index contributed by atoms with van der Waals surface area (Å²) >= 11 is 0. The molecule has 1 fully saturated rings. The van der Waals surface area contributed by atoms with Crippen LogP contribution in [0.1, 0.15) is 43.6 Å². The van der Waals surface area contributed by atoms with Gasteiger partial charge in [-0.15, -0.1) is 0 Å². The molecule has 25 heavy (non-hydrogen) atoms. The SMILES string of the molecule is CNc1ccccc1C(=O)c1ccc(B2OC(C)(C)C(C)(C)O2)cc1. The van der Waals surface area contributed by atoms with Gasteiger partial charge in [-0.2, -0.15) is 0 Å². The third-order valence-electron chi connectivity index (χ3n) is 5.14. The van der Waals surface area contributed by atoms with Crippen LogP contribution in [0.25, 0.3) is 0 Å². The molecule has 1 aliphatic rings. The predicted octanol–water partition coefficient (Wildman–Crippen LogP) is 3.26. The molecule has 0 bridgehead atoms. The highest BCUT2D eigenvalue weighted by Crippen LogP contribution is 2.36. The van der Waals surface area contributed by atoms with Gasteiger partial charge in [0, 0.05) is 23.9 Å². The van der Waals surface area contributed by atoms with Crippen LogP contribution < -0.4 is 10.8 Å². The highest BCUT2D eigenvalue weighted by molar-refractivity contribution is 6.62. The average molecular weight is 337 g/mol. The number of benzene rings is 2. The van der Waals surface area contributed by atoms with E-state index < -0.39 is 7.12 Å². The number of carbonyl (C=O) groups is 1. The molecule has 1 N–H and O–H groups in total. The topological polar surface area (TPSA) is 47.6 Å². The Hall–Kier alpha value is -2.11. The number of nitrogens with one attached hydrogen (secondary N) is 1. The summed E-state index contributed by atoms with van der Waals surface area (Å²) in [5.41, 5.74) is 2.28. The Kier molecular flexibility index (Phi) is 4.48. The van der Waals surface area contributed by atoms with Crippen LogP contribution in [0.3, 0.4) is 0 Å². The Balaban J connectivity index is 1.83. The molecule has 130 valence electrons. The minimum Gasteiger partial charge on any atom is -0.399 e. The van der Waals surface area contributed by atoms with E-state index in [2.05, 4.69) is 5.32 Å². The van der Waals surface area contributed by atoms with E-state index in [9.17, 15) is 4.79 Å². The molecule has 0 aromatic heterocycles. The largest absolute Gasteiger partial charge is 0.494 e. The minimum absolute atomic E-state index is 0.00887. The van der Waals surface area contributed by atoms with E-state index in [4.69, 9.17) is 9.31 Å². The Morgan fingerprint density at radius 3 is 2.04 bits per heavy atom. The van der Waals surface area contributed by atoms with Crippen LogP contribution in [0.5, 0.6) is 0 Å². The summed E-state index contributed by atoms with van der Waals surface area (Å²) in [6.07, 6.45) is 0. The van der Waals surface area contributed by atoms with Crippen molar-refractivity contribution in [3.63, 3.8) is 0 Å². The number of rotatable bonds is 4. The first-order chi connectivity index (χ1) is 11.7. The van der Waals surface area contributed by atoms with Crippen molar-refractivity contribution in [1.29, 1.82) is 0 Å². The van der Waals surface area contributed by atoms with Crippen LogP contribution >= 0.6 is 0 Å². The molecule has 5 heteroatoms. The number of carbonyl (C=O) groups excluding carboxylic acids is 1. The summed E-state index contributed by atoms with van der Waals surface area (Å²) in [7, 11) is 1.40. The van der Waals surface area contributed by atoms with E-state index in [1.807, 2.05) is 83.3 Å². The van der Waals surface area contributed by atoms with Gasteiger partial charge in [-0.1, -0.05) is 36.4 Å². The van der Waals surface area contributed by atoms with Crippen LogP contribution in [0.2, 0.25) is 0 Å². The third-order valence-corrected chi connectivity index (χ3v) is 5.14. The summed E-state index contributed by atoms with van der Waals surface area (Å²) in [6.45, 7) is 8.11. The summed E-state index contributed by atoms with van der Waals surface area (Å²) in [5.74, 6) is -0.00887. The van der Waals surface area contributed by atoms with E-state index in [1.165, 1.54) is 0 Å². The molecule has 0 spiro atoms. The van der Waals surface area contributed by atoms with Crippen molar-refractivity contribution in [2.24, 2.45) is 0 Å². The first kappa shape index (κ1) is 17.7. The van der Waals surface area contributed by atoms with Crippen molar-refractivity contribution < 1.29 is 14.1 Å². The third kappa shape index (κ3) is 3.22. The lowest BCUT2D eigenvalue weighted by atomic mass is 9.78. The smallest absolute Gasteiger partial charge is 0.399 e. The normalized spacial score (nSPS) is 18.2. The molecule has 0 unspecified atom stereocenters. The quantitative estimate of drug-likeness (QED) is 0.687. The molecule has 0 radical (unpaired) electrons. The Morgan fingerprint density at radius 1 is 0.920 bits per heavy atom. The van der Waals surface area contributed by atoms with Crippen molar-refractivity contribution in [1.82, 2.24) is 0 Å². The maximum absolute atomic E-state index is 12.8. The van der Waals surface area contributed by atoms with Gasteiger partial charge in [-0.05, 0) is 45.3 Å². The molecule has 3 rings (SSSR count). The van der Waals surface area contributed by atoms with Crippen LogP contribution in [-0.4, -0.2) is 31.2 Å². The predicted molar refractivity (Wildman–Crippen MR) is 102 cm³/mol.